The minimum absolute atomic E-state index is 0.0365. The number of hydrogen-bond acceptors (Lipinski definition) is 7. The lowest BCUT2D eigenvalue weighted by Crippen LogP contribution is -2.49. The summed E-state index contributed by atoms with van der Waals surface area (Å²) in [7, 11) is 0. The number of nitrogens with zero attached hydrogens (tertiary/aromatic N) is 2. The maximum Gasteiger partial charge on any atom is 0.254 e. The zero-order valence-electron chi connectivity index (χ0n) is 23.2. The third-order valence-electron chi connectivity index (χ3n) is 8.00. The average Bonchev–Trinajstić information content (AvgIpc) is 3.77. The number of hydrogen-bond donors (Lipinski definition) is 3. The number of fused-ring (bicyclic) bond motifs is 1. The monoisotopic (exact) mass is 609 g/mol. The van der Waals surface area contributed by atoms with E-state index >= 15 is 0 Å². The zero-order valence-corrected chi connectivity index (χ0v) is 24.0. The summed E-state index contributed by atoms with van der Waals surface area (Å²) in [4.78, 5) is 44.1. The van der Waals surface area contributed by atoms with Crippen LogP contribution in [0, 0.1) is 17.0 Å². The van der Waals surface area contributed by atoms with Gasteiger partial charge in [-0.25, -0.2) is 8.78 Å². The molecule has 4 heterocycles. The number of halogens is 2. The highest BCUT2D eigenvalue weighted by Crippen LogP contribution is 2.36. The van der Waals surface area contributed by atoms with E-state index in [0.29, 0.717) is 35.5 Å². The van der Waals surface area contributed by atoms with Crippen molar-refractivity contribution in [3.05, 3.63) is 81.0 Å². The van der Waals surface area contributed by atoms with Crippen LogP contribution in [0.1, 0.15) is 45.7 Å². The molecule has 3 aromatic rings. The third-order valence-corrected chi connectivity index (χ3v) is 9.12. The van der Waals surface area contributed by atoms with Crippen molar-refractivity contribution in [3.8, 4) is 11.1 Å². The van der Waals surface area contributed by atoms with Crippen LogP contribution < -0.4 is 11.1 Å². The molecule has 2 fully saturated rings. The smallest absolute Gasteiger partial charge is 0.254 e. The van der Waals surface area contributed by atoms with Crippen LogP contribution in [-0.2, 0) is 25.6 Å². The first kappa shape index (κ1) is 28.9. The van der Waals surface area contributed by atoms with Crippen molar-refractivity contribution >= 4 is 34.9 Å². The first-order chi connectivity index (χ1) is 20.5. The fraction of sp³-hybridized carbons (Fsp3) is 0.333. The van der Waals surface area contributed by atoms with Crippen molar-refractivity contribution in [2.24, 2.45) is 5.73 Å². The Labute approximate surface area is 249 Å². The van der Waals surface area contributed by atoms with Gasteiger partial charge in [0.1, 0.15) is 30.1 Å². The van der Waals surface area contributed by atoms with E-state index in [1.165, 1.54) is 27.2 Å². The van der Waals surface area contributed by atoms with Crippen molar-refractivity contribution in [1.82, 2.24) is 15.1 Å². The predicted molar refractivity (Wildman–Crippen MR) is 153 cm³/mol. The van der Waals surface area contributed by atoms with Gasteiger partial charge in [0.2, 0.25) is 11.8 Å². The summed E-state index contributed by atoms with van der Waals surface area (Å²) in [6, 6.07) is 8.59. The molecule has 0 aliphatic carbocycles. The van der Waals surface area contributed by atoms with Gasteiger partial charge in [0.05, 0.1) is 25.8 Å². The molecule has 0 radical (unpaired) electrons. The van der Waals surface area contributed by atoms with Crippen molar-refractivity contribution in [3.63, 3.8) is 0 Å². The van der Waals surface area contributed by atoms with E-state index in [0.717, 1.165) is 17.0 Å². The molecule has 1 aromatic heterocycles. The maximum atomic E-state index is 14.4. The number of carbonyl (C=O) groups excluding carboxylic acids is 3. The van der Waals surface area contributed by atoms with Crippen LogP contribution in [0.25, 0.3) is 11.1 Å². The number of ether oxygens (including phenoxy) is 2. The summed E-state index contributed by atoms with van der Waals surface area (Å²) in [6.45, 7) is 2.41. The van der Waals surface area contributed by atoms with Gasteiger partial charge < -0.3 is 30.3 Å². The summed E-state index contributed by atoms with van der Waals surface area (Å²) in [5, 5.41) is 12.3. The third kappa shape index (κ3) is 5.51. The SMILES string of the molecule is C[C@@H](NC(=O)[C@@H]1CC2(CN1C(=O)CN1Cc3ccc(-c4ccc(F)cc4F)cc3C1=O)OCCO2)c1cc(C(=N)N)cs1. The average molecular weight is 610 g/mol. The molecule has 10 nitrogen and oxygen atoms in total. The Morgan fingerprint density at radius 3 is 2.63 bits per heavy atom. The number of nitrogens with two attached hydrogens (primary N) is 1. The van der Waals surface area contributed by atoms with Crippen LogP contribution in [0.4, 0.5) is 8.78 Å². The predicted octanol–water partition coefficient (Wildman–Crippen LogP) is 3.15. The molecule has 0 saturated carbocycles. The summed E-state index contributed by atoms with van der Waals surface area (Å²) >= 11 is 1.37. The van der Waals surface area contributed by atoms with Crippen molar-refractivity contribution in [2.75, 3.05) is 26.3 Å². The van der Waals surface area contributed by atoms with Gasteiger partial charge in [-0.1, -0.05) is 12.1 Å². The van der Waals surface area contributed by atoms with E-state index in [-0.39, 0.29) is 37.5 Å². The molecule has 1 spiro atoms. The largest absolute Gasteiger partial charge is 0.384 e. The molecular formula is C30H29F2N5O5S. The molecule has 3 aliphatic rings. The standard InChI is InChI=1S/C30H29F2N5O5S/c1-16(25-9-19(14-43-25)27(33)34)35-28(39)24-11-30(41-6-7-42-30)15-37(24)26(38)13-36-12-18-3-2-17(8-22(18)29(36)40)21-5-4-20(31)10-23(21)32/h2-5,8-10,14,16,24H,6-7,11-13,15H2,1H3,(H3,33,34)(H,35,39)/t16-,24+/m1/s1. The Hall–Kier alpha value is -4.20. The van der Waals surface area contributed by atoms with Crippen LogP contribution >= 0.6 is 11.3 Å². The molecule has 0 bridgehead atoms. The number of nitrogen functional groups attached to an aromatic ring is 1. The summed E-state index contributed by atoms with van der Waals surface area (Å²) in [5.41, 5.74) is 7.72. The molecule has 43 heavy (non-hydrogen) atoms. The molecule has 3 aliphatic heterocycles. The van der Waals surface area contributed by atoms with E-state index in [1.54, 1.807) is 36.6 Å². The number of likely N-dealkylation sites (tertiary alicyclic amines) is 1. The van der Waals surface area contributed by atoms with Crippen molar-refractivity contribution in [1.29, 1.82) is 5.41 Å². The van der Waals surface area contributed by atoms with Gasteiger partial charge in [0.15, 0.2) is 5.79 Å². The van der Waals surface area contributed by atoms with Crippen LogP contribution in [0.15, 0.2) is 47.8 Å². The second kappa shape index (κ2) is 11.1. The van der Waals surface area contributed by atoms with Gasteiger partial charge >= 0.3 is 0 Å². The van der Waals surface area contributed by atoms with E-state index in [9.17, 15) is 23.2 Å². The number of benzene rings is 2. The first-order valence-electron chi connectivity index (χ1n) is 13.7. The number of rotatable bonds is 7. The molecule has 13 heteroatoms. The maximum absolute atomic E-state index is 14.4. The molecule has 0 unspecified atom stereocenters. The lowest BCUT2D eigenvalue weighted by Gasteiger charge is -2.27. The summed E-state index contributed by atoms with van der Waals surface area (Å²) < 4.78 is 39.4. The molecular weight excluding hydrogens is 580 g/mol. The summed E-state index contributed by atoms with van der Waals surface area (Å²) in [6.07, 6.45) is 0.140. The first-order valence-corrected chi connectivity index (χ1v) is 14.6. The molecule has 2 atom stereocenters. The van der Waals surface area contributed by atoms with Gasteiger partial charge in [-0.05, 0) is 42.3 Å². The zero-order chi connectivity index (χ0) is 30.5. The minimum Gasteiger partial charge on any atom is -0.384 e. The lowest BCUT2D eigenvalue weighted by atomic mass is 10.00. The van der Waals surface area contributed by atoms with Gasteiger partial charge in [0.25, 0.3) is 5.91 Å². The topological polar surface area (TPSA) is 138 Å². The van der Waals surface area contributed by atoms with E-state index in [2.05, 4.69) is 5.32 Å². The number of carbonyl (C=O) groups is 3. The van der Waals surface area contributed by atoms with Crippen LogP contribution in [0.2, 0.25) is 0 Å². The molecule has 2 saturated heterocycles. The Bertz CT molecular complexity index is 1640. The van der Waals surface area contributed by atoms with Crippen LogP contribution in [0.3, 0.4) is 0 Å². The quantitative estimate of drug-likeness (QED) is 0.278. The molecule has 4 N–H and O–H groups in total. The normalized spacial score (nSPS) is 19.6. The van der Waals surface area contributed by atoms with Gasteiger partial charge in [-0.15, -0.1) is 11.3 Å². The van der Waals surface area contributed by atoms with Gasteiger partial charge in [0, 0.05) is 46.0 Å². The molecule has 6 rings (SSSR count). The van der Waals surface area contributed by atoms with Crippen LogP contribution in [-0.4, -0.2) is 71.5 Å². The second-order valence-corrected chi connectivity index (χ2v) is 11.8. The Kier molecular flexibility index (Phi) is 7.48. The van der Waals surface area contributed by atoms with E-state index in [1.807, 2.05) is 0 Å². The number of nitrogens with one attached hydrogen (secondary N) is 2. The number of amidine groups is 1. The second-order valence-electron chi connectivity index (χ2n) is 10.9. The number of amides is 3. The lowest BCUT2D eigenvalue weighted by molar-refractivity contribution is -0.152. The minimum atomic E-state index is -1.10. The van der Waals surface area contributed by atoms with Gasteiger partial charge in [-0.3, -0.25) is 19.8 Å². The highest BCUT2D eigenvalue weighted by Gasteiger charge is 2.53. The Morgan fingerprint density at radius 2 is 1.93 bits per heavy atom. The Balaban J connectivity index is 1.17. The summed E-state index contributed by atoms with van der Waals surface area (Å²) in [5.74, 6) is -3.84. The highest BCUT2D eigenvalue weighted by molar-refractivity contribution is 7.10. The van der Waals surface area contributed by atoms with E-state index < -0.39 is 47.2 Å². The Morgan fingerprint density at radius 1 is 1.16 bits per heavy atom. The molecule has 224 valence electrons. The number of thiophene rings is 1. The van der Waals surface area contributed by atoms with Crippen LogP contribution in [0.5, 0.6) is 0 Å². The molecule has 2 aromatic carbocycles. The fourth-order valence-corrected chi connectivity index (χ4v) is 6.69. The van der Waals surface area contributed by atoms with Crippen molar-refractivity contribution in [2.45, 2.75) is 37.8 Å². The van der Waals surface area contributed by atoms with Crippen molar-refractivity contribution < 1.29 is 32.6 Å². The highest BCUT2D eigenvalue weighted by atomic mass is 32.1. The molecule has 3 amide bonds. The fourth-order valence-electron chi connectivity index (χ4n) is 5.78. The van der Waals surface area contributed by atoms with Gasteiger partial charge in [-0.2, -0.15) is 0 Å². The van der Waals surface area contributed by atoms with E-state index in [4.69, 9.17) is 20.6 Å².